The van der Waals surface area contributed by atoms with Gasteiger partial charge in [-0.3, -0.25) is 4.79 Å². The molecule has 0 saturated carbocycles. The smallest absolute Gasteiger partial charge is 0.274 e. The molecule has 0 aliphatic rings. The number of hydrogen-bond donors (Lipinski definition) is 2. The number of hydrogen-bond acceptors (Lipinski definition) is 6. The summed E-state index contributed by atoms with van der Waals surface area (Å²) in [6.07, 6.45) is 1.65. The van der Waals surface area contributed by atoms with Crippen LogP contribution in [0.15, 0.2) is 36.5 Å². The summed E-state index contributed by atoms with van der Waals surface area (Å²) < 4.78 is 10.4. The zero-order valence-corrected chi connectivity index (χ0v) is 15.0. The van der Waals surface area contributed by atoms with Gasteiger partial charge in [-0.25, -0.2) is 4.98 Å². The molecule has 2 N–H and O–H groups in total. The van der Waals surface area contributed by atoms with Gasteiger partial charge >= 0.3 is 0 Å². The zero-order valence-electron chi connectivity index (χ0n) is 15.0. The van der Waals surface area contributed by atoms with Gasteiger partial charge in [0.2, 0.25) is 0 Å². The van der Waals surface area contributed by atoms with Crippen molar-refractivity contribution in [3.8, 4) is 11.5 Å². The Labute approximate surface area is 148 Å². The molecule has 0 atom stereocenters. The van der Waals surface area contributed by atoms with E-state index in [4.69, 9.17) is 9.47 Å². The minimum absolute atomic E-state index is 0.302. The number of carbonyl (C=O) groups is 1. The molecule has 0 spiro atoms. The molecule has 1 amide bonds. The monoisotopic (exact) mass is 344 g/mol. The lowest BCUT2D eigenvalue weighted by atomic mass is 10.2. The number of nitrogens with one attached hydrogen (secondary N) is 2. The Bertz CT molecular complexity index is 702. The Morgan fingerprint density at radius 1 is 1.16 bits per heavy atom. The summed E-state index contributed by atoms with van der Waals surface area (Å²) in [4.78, 5) is 18.7. The second-order valence-corrected chi connectivity index (χ2v) is 5.68. The van der Waals surface area contributed by atoms with Crippen LogP contribution in [0.5, 0.6) is 11.5 Å². The molecule has 7 heteroatoms. The van der Waals surface area contributed by atoms with Gasteiger partial charge in [0.15, 0.2) is 0 Å². The molecule has 0 saturated heterocycles. The van der Waals surface area contributed by atoms with Crippen LogP contribution in [0.2, 0.25) is 0 Å². The molecule has 1 aromatic heterocycles. The Morgan fingerprint density at radius 2 is 1.96 bits per heavy atom. The van der Waals surface area contributed by atoms with Crippen molar-refractivity contribution in [2.24, 2.45) is 0 Å². The minimum Gasteiger partial charge on any atom is -0.497 e. The number of pyridine rings is 1. The van der Waals surface area contributed by atoms with Crippen molar-refractivity contribution in [1.29, 1.82) is 0 Å². The van der Waals surface area contributed by atoms with E-state index in [2.05, 4.69) is 20.5 Å². The third-order valence-electron chi connectivity index (χ3n) is 3.54. The predicted octanol–water partition coefficient (Wildman–Crippen LogP) is 2.32. The van der Waals surface area contributed by atoms with Gasteiger partial charge in [0.1, 0.15) is 17.2 Å². The molecule has 0 unspecified atom stereocenters. The van der Waals surface area contributed by atoms with E-state index in [1.165, 1.54) is 7.11 Å². The first-order chi connectivity index (χ1) is 12.0. The molecular weight excluding hydrogens is 320 g/mol. The molecule has 0 aliphatic heterocycles. The number of nitrogens with zero attached hydrogens (tertiary/aromatic N) is 2. The summed E-state index contributed by atoms with van der Waals surface area (Å²) >= 11 is 0. The first-order valence-electron chi connectivity index (χ1n) is 7.91. The topological polar surface area (TPSA) is 75.7 Å². The van der Waals surface area contributed by atoms with Crippen molar-refractivity contribution in [2.75, 3.05) is 52.0 Å². The minimum atomic E-state index is -0.302. The highest BCUT2D eigenvalue weighted by atomic mass is 16.5. The Morgan fingerprint density at radius 3 is 2.56 bits per heavy atom. The van der Waals surface area contributed by atoms with Crippen LogP contribution < -0.4 is 20.1 Å². The van der Waals surface area contributed by atoms with Crippen LogP contribution in [-0.2, 0) is 0 Å². The van der Waals surface area contributed by atoms with Crippen LogP contribution in [0.1, 0.15) is 10.5 Å². The van der Waals surface area contributed by atoms with Crippen molar-refractivity contribution in [2.45, 2.75) is 0 Å². The van der Waals surface area contributed by atoms with Crippen molar-refractivity contribution < 1.29 is 14.3 Å². The molecule has 7 nitrogen and oxygen atoms in total. The fourth-order valence-electron chi connectivity index (χ4n) is 2.14. The normalized spacial score (nSPS) is 10.4. The number of benzene rings is 1. The second-order valence-electron chi connectivity index (χ2n) is 5.68. The van der Waals surface area contributed by atoms with E-state index in [1.54, 1.807) is 37.6 Å². The number of likely N-dealkylation sites (N-methyl/N-ethyl adjacent to an activating group) is 1. The van der Waals surface area contributed by atoms with E-state index < -0.39 is 0 Å². The molecule has 0 aliphatic carbocycles. The molecule has 2 aromatic rings. The maximum atomic E-state index is 12.4. The standard InChI is InChI=1S/C18H24N4O3/c1-22(2)10-9-19-13-5-7-16(20-12-13)18(23)21-15-8-6-14(24-3)11-17(15)25-4/h5-8,11-12,19H,9-10H2,1-4H3,(H,21,23). The fraction of sp³-hybridized carbons (Fsp3) is 0.333. The second kappa shape index (κ2) is 8.89. The van der Waals surface area contributed by atoms with Crippen molar-refractivity contribution in [3.05, 3.63) is 42.2 Å². The summed E-state index contributed by atoms with van der Waals surface area (Å²) in [5, 5.41) is 6.05. The van der Waals surface area contributed by atoms with Crippen LogP contribution in [0.3, 0.4) is 0 Å². The number of ether oxygens (including phenoxy) is 2. The maximum Gasteiger partial charge on any atom is 0.274 e. The number of methoxy groups -OCH3 is 2. The first-order valence-corrected chi connectivity index (χ1v) is 7.91. The number of carbonyl (C=O) groups excluding carboxylic acids is 1. The molecule has 134 valence electrons. The molecule has 1 heterocycles. The van der Waals surface area contributed by atoms with E-state index in [1.807, 2.05) is 20.2 Å². The molecule has 25 heavy (non-hydrogen) atoms. The van der Waals surface area contributed by atoms with Gasteiger partial charge in [-0.1, -0.05) is 0 Å². The van der Waals surface area contributed by atoms with E-state index in [9.17, 15) is 4.79 Å². The van der Waals surface area contributed by atoms with E-state index >= 15 is 0 Å². The number of amides is 1. The van der Waals surface area contributed by atoms with Crippen LogP contribution >= 0.6 is 0 Å². The summed E-state index contributed by atoms with van der Waals surface area (Å²) in [6.45, 7) is 1.72. The lowest BCUT2D eigenvalue weighted by Crippen LogP contribution is -2.21. The average molecular weight is 344 g/mol. The largest absolute Gasteiger partial charge is 0.497 e. The van der Waals surface area contributed by atoms with Gasteiger partial charge in [-0.05, 0) is 38.4 Å². The van der Waals surface area contributed by atoms with E-state index in [-0.39, 0.29) is 5.91 Å². The summed E-state index contributed by atoms with van der Waals surface area (Å²) in [7, 11) is 7.14. The summed E-state index contributed by atoms with van der Waals surface area (Å²) in [5.41, 5.74) is 1.76. The lowest BCUT2D eigenvalue weighted by Gasteiger charge is -2.12. The third-order valence-corrected chi connectivity index (χ3v) is 3.54. The van der Waals surface area contributed by atoms with Gasteiger partial charge in [-0.2, -0.15) is 0 Å². The number of rotatable bonds is 8. The van der Waals surface area contributed by atoms with Crippen molar-refractivity contribution >= 4 is 17.3 Å². The van der Waals surface area contributed by atoms with Crippen molar-refractivity contribution in [1.82, 2.24) is 9.88 Å². The third kappa shape index (κ3) is 5.36. The number of anilines is 2. The van der Waals surface area contributed by atoms with Gasteiger partial charge in [0.25, 0.3) is 5.91 Å². The molecule has 0 bridgehead atoms. The van der Waals surface area contributed by atoms with Crippen LogP contribution in [0.4, 0.5) is 11.4 Å². The highest BCUT2D eigenvalue weighted by molar-refractivity contribution is 6.03. The van der Waals surface area contributed by atoms with Gasteiger partial charge in [0, 0.05) is 19.2 Å². The Balaban J connectivity index is 2.01. The predicted molar refractivity (Wildman–Crippen MR) is 98.8 cm³/mol. The lowest BCUT2D eigenvalue weighted by molar-refractivity contribution is 0.102. The number of aromatic nitrogens is 1. The molecule has 1 aromatic carbocycles. The summed E-state index contributed by atoms with van der Waals surface area (Å²) in [5.74, 6) is 0.874. The van der Waals surface area contributed by atoms with Crippen molar-refractivity contribution in [3.63, 3.8) is 0 Å². The Kier molecular flexibility index (Phi) is 6.59. The van der Waals surface area contributed by atoms with Gasteiger partial charge in [-0.15, -0.1) is 0 Å². The van der Waals surface area contributed by atoms with Crippen LogP contribution in [0, 0.1) is 0 Å². The maximum absolute atomic E-state index is 12.4. The van der Waals surface area contributed by atoms with Crippen LogP contribution in [0.25, 0.3) is 0 Å². The zero-order chi connectivity index (χ0) is 18.2. The molecule has 0 fully saturated rings. The first kappa shape index (κ1) is 18.5. The SMILES string of the molecule is COc1ccc(NC(=O)c2ccc(NCCN(C)C)cn2)c(OC)c1. The quantitative estimate of drug-likeness (QED) is 0.765. The molecule has 2 rings (SSSR count). The van der Waals surface area contributed by atoms with Gasteiger partial charge < -0.3 is 25.0 Å². The highest BCUT2D eigenvalue weighted by Gasteiger charge is 2.12. The Hall–Kier alpha value is -2.80. The molecule has 0 radical (unpaired) electrons. The van der Waals surface area contributed by atoms with E-state index in [0.717, 1.165) is 18.8 Å². The van der Waals surface area contributed by atoms with Gasteiger partial charge in [0.05, 0.1) is 31.8 Å². The molecular formula is C18H24N4O3. The van der Waals surface area contributed by atoms with E-state index in [0.29, 0.717) is 22.9 Å². The fourth-order valence-corrected chi connectivity index (χ4v) is 2.14. The average Bonchev–Trinajstić information content (AvgIpc) is 2.62. The van der Waals surface area contributed by atoms with Crippen LogP contribution in [-0.4, -0.2) is 57.2 Å². The highest BCUT2D eigenvalue weighted by Crippen LogP contribution is 2.29. The summed E-state index contributed by atoms with van der Waals surface area (Å²) in [6, 6.07) is 8.71.